The fourth-order valence-electron chi connectivity index (χ4n) is 0.906. The van der Waals surface area contributed by atoms with Crippen LogP contribution < -0.4 is 5.32 Å². The predicted octanol–water partition coefficient (Wildman–Crippen LogP) is 0.148. The van der Waals surface area contributed by atoms with E-state index in [9.17, 15) is 9.59 Å². The lowest BCUT2D eigenvalue weighted by atomic mass is 10.3. The second-order valence-corrected chi connectivity index (χ2v) is 3.00. The fourth-order valence-corrected chi connectivity index (χ4v) is 0.906. The van der Waals surface area contributed by atoms with Crippen LogP contribution in [0.5, 0.6) is 0 Å². The minimum Gasteiger partial charge on any atom is -0.480 e. The third kappa shape index (κ3) is 2.91. The van der Waals surface area contributed by atoms with Gasteiger partial charge in [-0.25, -0.2) is 4.79 Å². The van der Waals surface area contributed by atoms with E-state index in [4.69, 9.17) is 5.11 Å². The smallest absolute Gasteiger partial charge is 0.358 e. The van der Waals surface area contributed by atoms with Gasteiger partial charge in [-0.05, 0) is 19.1 Å². The van der Waals surface area contributed by atoms with Gasteiger partial charge in [0.15, 0.2) is 5.69 Å². The lowest BCUT2D eigenvalue weighted by Gasteiger charge is -2.08. The van der Waals surface area contributed by atoms with Crippen molar-refractivity contribution in [3.8, 4) is 0 Å². The van der Waals surface area contributed by atoms with Gasteiger partial charge in [0.25, 0.3) is 0 Å². The van der Waals surface area contributed by atoms with Crippen molar-refractivity contribution < 1.29 is 19.4 Å². The average molecular weight is 225 g/mol. The Labute approximate surface area is 91.4 Å². The molecule has 0 aliphatic rings. The van der Waals surface area contributed by atoms with Crippen LogP contribution in [0.15, 0.2) is 12.1 Å². The first-order valence-corrected chi connectivity index (χ1v) is 4.46. The Morgan fingerprint density at radius 3 is 2.56 bits per heavy atom. The molecule has 0 bridgehead atoms. The quantitative estimate of drug-likeness (QED) is 0.703. The molecule has 0 radical (unpaired) electrons. The molecular weight excluding hydrogens is 214 g/mol. The number of methoxy groups -OCH3 is 1. The SMILES string of the molecule is COC(=O)c1ccc(N[C@@H](C)C(=O)O)nn1. The number of rotatable bonds is 4. The fraction of sp³-hybridized carbons (Fsp3) is 0.333. The molecule has 16 heavy (non-hydrogen) atoms. The molecule has 0 saturated heterocycles. The molecule has 0 amide bonds. The largest absolute Gasteiger partial charge is 0.480 e. The molecular formula is C9H11N3O4. The van der Waals surface area contributed by atoms with Crippen LogP contribution in [0.25, 0.3) is 0 Å². The Hall–Kier alpha value is -2.18. The minimum absolute atomic E-state index is 0.0658. The Morgan fingerprint density at radius 1 is 1.44 bits per heavy atom. The minimum atomic E-state index is -1.00. The van der Waals surface area contributed by atoms with E-state index < -0.39 is 18.0 Å². The standard InChI is InChI=1S/C9H11N3O4/c1-5(8(13)14)10-7-4-3-6(11-12-7)9(15)16-2/h3-5H,1-2H3,(H,10,12)(H,13,14)/t5-/m0/s1. The summed E-state index contributed by atoms with van der Waals surface area (Å²) >= 11 is 0. The molecule has 0 spiro atoms. The number of nitrogens with zero attached hydrogens (tertiary/aromatic N) is 2. The van der Waals surface area contributed by atoms with E-state index in [0.29, 0.717) is 0 Å². The zero-order chi connectivity index (χ0) is 12.1. The molecule has 0 aliphatic heterocycles. The second kappa shape index (κ2) is 5.06. The number of hydrogen-bond donors (Lipinski definition) is 2. The van der Waals surface area contributed by atoms with E-state index >= 15 is 0 Å². The van der Waals surface area contributed by atoms with E-state index in [0.717, 1.165) is 0 Å². The molecule has 1 atom stereocenters. The summed E-state index contributed by atoms with van der Waals surface area (Å²) in [5.41, 5.74) is 0.0658. The molecule has 7 nitrogen and oxygen atoms in total. The first kappa shape index (κ1) is 11.9. The monoisotopic (exact) mass is 225 g/mol. The number of esters is 1. The van der Waals surface area contributed by atoms with Crippen molar-refractivity contribution >= 4 is 17.8 Å². The molecule has 0 aromatic carbocycles. The lowest BCUT2D eigenvalue weighted by Crippen LogP contribution is -2.26. The molecule has 86 valence electrons. The van der Waals surface area contributed by atoms with Crippen LogP contribution in [-0.2, 0) is 9.53 Å². The molecule has 1 aromatic rings. The van der Waals surface area contributed by atoms with Gasteiger partial charge < -0.3 is 15.2 Å². The van der Waals surface area contributed by atoms with Gasteiger partial charge in [-0.3, -0.25) is 4.79 Å². The van der Waals surface area contributed by atoms with E-state index in [1.165, 1.54) is 26.2 Å². The number of carboxylic acid groups (broad SMARTS) is 1. The van der Waals surface area contributed by atoms with Crippen molar-refractivity contribution in [3.05, 3.63) is 17.8 Å². The van der Waals surface area contributed by atoms with Gasteiger partial charge in [0.1, 0.15) is 11.9 Å². The third-order valence-electron chi connectivity index (χ3n) is 1.79. The molecule has 0 fully saturated rings. The predicted molar refractivity (Wildman–Crippen MR) is 54.1 cm³/mol. The van der Waals surface area contributed by atoms with Gasteiger partial charge in [0.05, 0.1) is 7.11 Å². The van der Waals surface area contributed by atoms with Gasteiger partial charge in [0.2, 0.25) is 0 Å². The van der Waals surface area contributed by atoms with Crippen molar-refractivity contribution in [2.24, 2.45) is 0 Å². The average Bonchev–Trinajstić information content (AvgIpc) is 2.28. The number of hydrogen-bond acceptors (Lipinski definition) is 6. The molecule has 0 unspecified atom stereocenters. The number of carbonyl (C=O) groups is 2. The number of anilines is 1. The maximum atomic E-state index is 11.0. The summed E-state index contributed by atoms with van der Waals surface area (Å²) in [6.07, 6.45) is 0. The topological polar surface area (TPSA) is 101 Å². The number of nitrogens with one attached hydrogen (secondary N) is 1. The highest BCUT2D eigenvalue weighted by atomic mass is 16.5. The number of carbonyl (C=O) groups excluding carboxylic acids is 1. The number of ether oxygens (including phenoxy) is 1. The summed E-state index contributed by atoms with van der Waals surface area (Å²) in [5, 5.41) is 18.5. The molecule has 7 heteroatoms. The summed E-state index contributed by atoms with van der Waals surface area (Å²) in [6.45, 7) is 1.47. The van der Waals surface area contributed by atoms with Gasteiger partial charge in [-0.15, -0.1) is 10.2 Å². The maximum absolute atomic E-state index is 11.0. The van der Waals surface area contributed by atoms with Crippen LogP contribution in [0.4, 0.5) is 5.82 Å². The molecule has 0 saturated carbocycles. The zero-order valence-corrected chi connectivity index (χ0v) is 8.80. The summed E-state index contributed by atoms with van der Waals surface area (Å²) in [6, 6.07) is 2.08. The number of aliphatic carboxylic acids is 1. The Morgan fingerprint density at radius 2 is 2.12 bits per heavy atom. The second-order valence-electron chi connectivity index (χ2n) is 3.00. The highest BCUT2D eigenvalue weighted by molar-refractivity contribution is 5.87. The van der Waals surface area contributed by atoms with E-state index in [1.54, 1.807) is 0 Å². The van der Waals surface area contributed by atoms with Crippen LogP contribution in [0, 0.1) is 0 Å². The highest BCUT2D eigenvalue weighted by Gasteiger charge is 2.12. The van der Waals surface area contributed by atoms with Crippen molar-refractivity contribution in [1.29, 1.82) is 0 Å². The van der Waals surface area contributed by atoms with Gasteiger partial charge in [-0.1, -0.05) is 0 Å². The van der Waals surface area contributed by atoms with E-state index in [2.05, 4.69) is 20.3 Å². The van der Waals surface area contributed by atoms with E-state index in [1.807, 2.05) is 0 Å². The molecule has 2 N–H and O–H groups in total. The summed E-state index contributed by atoms with van der Waals surface area (Å²) in [4.78, 5) is 21.6. The highest BCUT2D eigenvalue weighted by Crippen LogP contribution is 2.04. The van der Waals surface area contributed by atoms with Crippen LogP contribution >= 0.6 is 0 Å². The van der Waals surface area contributed by atoms with Crippen LogP contribution in [0.1, 0.15) is 17.4 Å². The molecule has 1 rings (SSSR count). The first-order chi connectivity index (χ1) is 7.54. The Balaban J connectivity index is 2.72. The van der Waals surface area contributed by atoms with Crippen LogP contribution in [0.3, 0.4) is 0 Å². The first-order valence-electron chi connectivity index (χ1n) is 4.46. The lowest BCUT2D eigenvalue weighted by molar-refractivity contribution is -0.137. The maximum Gasteiger partial charge on any atom is 0.358 e. The van der Waals surface area contributed by atoms with Gasteiger partial charge >= 0.3 is 11.9 Å². The Kier molecular flexibility index (Phi) is 3.76. The summed E-state index contributed by atoms with van der Waals surface area (Å²) < 4.78 is 4.44. The third-order valence-corrected chi connectivity index (χ3v) is 1.79. The molecule has 0 aliphatic carbocycles. The summed E-state index contributed by atoms with van der Waals surface area (Å²) in [7, 11) is 1.24. The zero-order valence-electron chi connectivity index (χ0n) is 8.80. The van der Waals surface area contributed by atoms with Crippen molar-refractivity contribution in [2.75, 3.05) is 12.4 Å². The van der Waals surface area contributed by atoms with Gasteiger partial charge in [-0.2, -0.15) is 0 Å². The van der Waals surface area contributed by atoms with Crippen LogP contribution in [0.2, 0.25) is 0 Å². The Bertz CT molecular complexity index is 390. The van der Waals surface area contributed by atoms with Crippen molar-refractivity contribution in [2.45, 2.75) is 13.0 Å². The van der Waals surface area contributed by atoms with E-state index in [-0.39, 0.29) is 11.5 Å². The van der Waals surface area contributed by atoms with Crippen molar-refractivity contribution in [1.82, 2.24) is 10.2 Å². The molecule has 1 heterocycles. The van der Waals surface area contributed by atoms with Crippen molar-refractivity contribution in [3.63, 3.8) is 0 Å². The normalized spacial score (nSPS) is 11.6. The molecule has 1 aromatic heterocycles. The summed E-state index contributed by atoms with van der Waals surface area (Å²) in [5.74, 6) is -1.31. The van der Waals surface area contributed by atoms with Crippen LogP contribution in [-0.4, -0.2) is 40.4 Å². The number of aromatic nitrogens is 2. The van der Waals surface area contributed by atoms with Gasteiger partial charge in [0, 0.05) is 0 Å². The number of carboxylic acids is 1.